The maximum absolute atomic E-state index is 12.3. The molecule has 1 saturated carbocycles. The molecule has 5 heteroatoms. The SMILES string of the molecule is CCC(=O)NC(c1ccccc1)C1(N2CCN(Cc3ccccn3)CC2)CC1. The third-order valence-electron chi connectivity index (χ3n) is 6.17. The van der Waals surface area contributed by atoms with E-state index in [4.69, 9.17) is 0 Å². The number of aromatic nitrogens is 1. The average molecular weight is 379 g/mol. The van der Waals surface area contributed by atoms with Gasteiger partial charge >= 0.3 is 0 Å². The first-order chi connectivity index (χ1) is 13.7. The standard InChI is InChI=1S/C23H30N4O/c1-2-21(28)25-22(19-8-4-3-5-9-19)23(11-12-23)27-16-14-26(15-17-27)18-20-10-6-7-13-24-20/h3-10,13,22H,2,11-12,14-18H2,1H3,(H,25,28). The van der Waals surface area contributed by atoms with E-state index in [1.54, 1.807) is 0 Å². The summed E-state index contributed by atoms with van der Waals surface area (Å²) in [5, 5.41) is 3.33. The van der Waals surface area contributed by atoms with Crippen LogP contribution in [0.5, 0.6) is 0 Å². The van der Waals surface area contributed by atoms with Crippen molar-refractivity contribution in [2.24, 2.45) is 0 Å². The maximum Gasteiger partial charge on any atom is 0.220 e. The van der Waals surface area contributed by atoms with Crippen LogP contribution in [0.3, 0.4) is 0 Å². The van der Waals surface area contributed by atoms with Gasteiger partial charge in [0.15, 0.2) is 0 Å². The Morgan fingerprint density at radius 2 is 1.79 bits per heavy atom. The second-order valence-electron chi connectivity index (χ2n) is 7.95. The van der Waals surface area contributed by atoms with Gasteiger partial charge in [0, 0.05) is 50.9 Å². The van der Waals surface area contributed by atoms with Crippen LogP contribution in [0.25, 0.3) is 0 Å². The van der Waals surface area contributed by atoms with Gasteiger partial charge in [-0.15, -0.1) is 0 Å². The second-order valence-corrected chi connectivity index (χ2v) is 7.95. The Hall–Kier alpha value is -2.24. The molecule has 1 saturated heterocycles. The van der Waals surface area contributed by atoms with Crippen molar-refractivity contribution < 1.29 is 4.79 Å². The summed E-state index contributed by atoms with van der Waals surface area (Å²) < 4.78 is 0. The first kappa shape index (κ1) is 19.1. The zero-order valence-electron chi connectivity index (χ0n) is 16.7. The number of hydrogen-bond donors (Lipinski definition) is 1. The van der Waals surface area contributed by atoms with Crippen LogP contribution in [-0.2, 0) is 11.3 Å². The van der Waals surface area contributed by atoms with Crippen molar-refractivity contribution in [3.05, 3.63) is 66.0 Å². The fraction of sp³-hybridized carbons (Fsp3) is 0.478. The highest BCUT2D eigenvalue weighted by Gasteiger charge is 2.55. The average Bonchev–Trinajstić information content (AvgIpc) is 3.55. The van der Waals surface area contributed by atoms with E-state index in [1.807, 2.05) is 25.3 Å². The predicted molar refractivity (Wildman–Crippen MR) is 111 cm³/mol. The lowest BCUT2D eigenvalue weighted by Gasteiger charge is -2.43. The molecule has 1 aliphatic heterocycles. The number of nitrogens with one attached hydrogen (secondary N) is 1. The monoisotopic (exact) mass is 378 g/mol. The van der Waals surface area contributed by atoms with Crippen LogP contribution in [-0.4, -0.2) is 52.4 Å². The summed E-state index contributed by atoms with van der Waals surface area (Å²) >= 11 is 0. The summed E-state index contributed by atoms with van der Waals surface area (Å²) in [5.41, 5.74) is 2.43. The van der Waals surface area contributed by atoms with Gasteiger partial charge in [0.2, 0.25) is 5.91 Å². The van der Waals surface area contributed by atoms with E-state index in [9.17, 15) is 4.79 Å². The fourth-order valence-corrected chi connectivity index (χ4v) is 4.42. The zero-order valence-corrected chi connectivity index (χ0v) is 16.7. The summed E-state index contributed by atoms with van der Waals surface area (Å²) in [6.07, 6.45) is 4.69. The molecule has 4 rings (SSSR count). The highest BCUT2D eigenvalue weighted by molar-refractivity contribution is 5.76. The molecule has 148 valence electrons. The summed E-state index contributed by atoms with van der Waals surface area (Å²) in [6, 6.07) is 16.7. The van der Waals surface area contributed by atoms with Crippen LogP contribution in [0.2, 0.25) is 0 Å². The number of piperazine rings is 1. The van der Waals surface area contributed by atoms with E-state index in [-0.39, 0.29) is 17.5 Å². The number of hydrogen-bond acceptors (Lipinski definition) is 4. The normalized spacial score (nSPS) is 20.5. The van der Waals surface area contributed by atoms with Crippen LogP contribution < -0.4 is 5.32 Å². The van der Waals surface area contributed by atoms with Crippen molar-refractivity contribution in [3.63, 3.8) is 0 Å². The van der Waals surface area contributed by atoms with Crippen molar-refractivity contribution >= 4 is 5.91 Å². The number of pyridine rings is 1. The first-order valence-electron chi connectivity index (χ1n) is 10.4. The van der Waals surface area contributed by atoms with Gasteiger partial charge in [0.1, 0.15) is 0 Å². The van der Waals surface area contributed by atoms with Gasteiger partial charge in [-0.25, -0.2) is 0 Å². The van der Waals surface area contributed by atoms with Crippen molar-refractivity contribution in [3.8, 4) is 0 Å². The van der Waals surface area contributed by atoms with Crippen LogP contribution in [0, 0.1) is 0 Å². The van der Waals surface area contributed by atoms with E-state index >= 15 is 0 Å². The van der Waals surface area contributed by atoms with E-state index < -0.39 is 0 Å². The Balaban J connectivity index is 1.44. The Morgan fingerprint density at radius 3 is 2.39 bits per heavy atom. The van der Waals surface area contributed by atoms with Crippen molar-refractivity contribution in [2.75, 3.05) is 26.2 Å². The Kier molecular flexibility index (Phi) is 5.74. The molecule has 5 nitrogen and oxygen atoms in total. The van der Waals surface area contributed by atoms with E-state index in [1.165, 1.54) is 5.56 Å². The van der Waals surface area contributed by atoms with E-state index in [2.05, 4.69) is 56.5 Å². The zero-order chi connectivity index (χ0) is 19.4. The van der Waals surface area contributed by atoms with Gasteiger partial charge in [-0.2, -0.15) is 0 Å². The van der Waals surface area contributed by atoms with Gasteiger partial charge in [-0.05, 0) is 30.5 Å². The number of nitrogens with zero attached hydrogens (tertiary/aromatic N) is 3. The quantitative estimate of drug-likeness (QED) is 0.805. The minimum absolute atomic E-state index is 0.0727. The van der Waals surface area contributed by atoms with Crippen molar-refractivity contribution in [2.45, 2.75) is 44.3 Å². The molecule has 2 aromatic rings. The fourth-order valence-electron chi connectivity index (χ4n) is 4.42. The first-order valence-corrected chi connectivity index (χ1v) is 10.4. The molecule has 0 spiro atoms. The Morgan fingerprint density at radius 1 is 1.07 bits per heavy atom. The molecule has 1 aromatic heterocycles. The number of carbonyl (C=O) groups excluding carboxylic acids is 1. The largest absolute Gasteiger partial charge is 0.347 e. The molecular weight excluding hydrogens is 348 g/mol. The minimum Gasteiger partial charge on any atom is -0.347 e. The minimum atomic E-state index is 0.0727. The molecule has 2 fully saturated rings. The molecule has 2 heterocycles. The summed E-state index contributed by atoms with van der Waals surface area (Å²) in [5.74, 6) is 0.133. The van der Waals surface area contributed by atoms with Crippen LogP contribution in [0.15, 0.2) is 54.7 Å². The van der Waals surface area contributed by atoms with Crippen LogP contribution in [0.4, 0.5) is 0 Å². The summed E-state index contributed by atoms with van der Waals surface area (Å²) in [4.78, 5) is 21.8. The van der Waals surface area contributed by atoms with Crippen LogP contribution in [0.1, 0.15) is 43.5 Å². The van der Waals surface area contributed by atoms with Crippen molar-refractivity contribution in [1.82, 2.24) is 20.1 Å². The second kappa shape index (κ2) is 8.41. The highest BCUT2D eigenvalue weighted by atomic mass is 16.1. The topological polar surface area (TPSA) is 48.5 Å². The molecule has 28 heavy (non-hydrogen) atoms. The van der Waals surface area contributed by atoms with Gasteiger partial charge in [-0.1, -0.05) is 43.3 Å². The lowest BCUT2D eigenvalue weighted by molar-refractivity contribution is -0.122. The molecule has 1 atom stereocenters. The lowest BCUT2D eigenvalue weighted by atomic mass is 9.94. The molecular formula is C23H30N4O. The molecule has 1 N–H and O–H groups in total. The van der Waals surface area contributed by atoms with Crippen LogP contribution >= 0.6 is 0 Å². The van der Waals surface area contributed by atoms with Gasteiger partial charge in [0.05, 0.1) is 11.7 Å². The Bertz CT molecular complexity index is 768. The number of benzene rings is 1. The molecule has 1 aromatic carbocycles. The third-order valence-corrected chi connectivity index (χ3v) is 6.17. The van der Waals surface area contributed by atoms with Gasteiger partial charge in [0.25, 0.3) is 0 Å². The van der Waals surface area contributed by atoms with Gasteiger partial charge < -0.3 is 5.32 Å². The third kappa shape index (κ3) is 4.10. The maximum atomic E-state index is 12.3. The molecule has 0 radical (unpaired) electrons. The molecule has 1 aliphatic carbocycles. The molecule has 1 amide bonds. The molecule has 0 bridgehead atoms. The number of amides is 1. The van der Waals surface area contributed by atoms with Gasteiger partial charge in [-0.3, -0.25) is 19.6 Å². The number of rotatable bonds is 7. The number of carbonyl (C=O) groups is 1. The lowest BCUT2D eigenvalue weighted by Crippen LogP contribution is -2.55. The molecule has 1 unspecified atom stereocenters. The van der Waals surface area contributed by atoms with E-state index in [0.29, 0.717) is 6.42 Å². The van der Waals surface area contributed by atoms with Crippen molar-refractivity contribution in [1.29, 1.82) is 0 Å². The summed E-state index contributed by atoms with van der Waals surface area (Å²) in [6.45, 7) is 7.00. The summed E-state index contributed by atoms with van der Waals surface area (Å²) in [7, 11) is 0. The molecule has 2 aliphatic rings. The predicted octanol–water partition coefficient (Wildman–Crippen LogP) is 3.00. The highest BCUT2D eigenvalue weighted by Crippen LogP contribution is 2.51. The van der Waals surface area contributed by atoms with E-state index in [0.717, 1.165) is 51.3 Å². The smallest absolute Gasteiger partial charge is 0.220 e. The Labute approximate surface area is 167 Å².